The Hall–Kier alpha value is -2.04. The predicted molar refractivity (Wildman–Crippen MR) is 64.8 cm³/mol. The fraction of sp³-hybridized carbons (Fsp3) is 0.385. The van der Waals surface area contributed by atoms with Crippen molar-refractivity contribution in [2.75, 3.05) is 0 Å². The molecule has 0 saturated carbocycles. The molecule has 0 saturated heterocycles. The number of esters is 1. The van der Waals surface area contributed by atoms with Crippen LogP contribution in [0.4, 0.5) is 0 Å². The lowest BCUT2D eigenvalue weighted by Crippen LogP contribution is -2.19. The number of rotatable bonds is 5. The molecular formula is C13H16O5. The molecule has 0 bridgehead atoms. The monoisotopic (exact) mass is 252 g/mol. The van der Waals surface area contributed by atoms with Gasteiger partial charge in [0.05, 0.1) is 5.92 Å². The Labute approximate surface area is 105 Å². The van der Waals surface area contributed by atoms with E-state index in [0.717, 1.165) is 6.07 Å². The summed E-state index contributed by atoms with van der Waals surface area (Å²) in [6, 6.07) is 3.69. The van der Waals surface area contributed by atoms with Gasteiger partial charge in [0, 0.05) is 0 Å². The van der Waals surface area contributed by atoms with E-state index < -0.39 is 5.97 Å². The highest BCUT2D eigenvalue weighted by atomic mass is 16.5. The number of hydrogen-bond donors (Lipinski definition) is 2. The first-order chi connectivity index (χ1) is 8.49. The van der Waals surface area contributed by atoms with Crippen LogP contribution in [-0.4, -0.2) is 22.2 Å². The molecule has 0 unspecified atom stereocenters. The number of carboxylic acids is 1. The maximum atomic E-state index is 11.7. The Balaban J connectivity index is 2.89. The lowest BCUT2D eigenvalue weighted by atomic mass is 10.0. The van der Waals surface area contributed by atoms with Gasteiger partial charge in [-0.05, 0) is 31.0 Å². The largest absolute Gasteiger partial charge is 0.507 e. The van der Waals surface area contributed by atoms with Crippen LogP contribution in [-0.2, 0) is 4.79 Å². The van der Waals surface area contributed by atoms with E-state index in [-0.39, 0.29) is 28.9 Å². The fourth-order valence-electron chi connectivity index (χ4n) is 1.57. The molecular weight excluding hydrogens is 236 g/mol. The highest BCUT2D eigenvalue weighted by molar-refractivity contribution is 5.91. The van der Waals surface area contributed by atoms with Crippen molar-refractivity contribution in [3.63, 3.8) is 0 Å². The van der Waals surface area contributed by atoms with Crippen LogP contribution in [0.15, 0.2) is 18.2 Å². The Kier molecular flexibility index (Phi) is 4.71. The first-order valence-electron chi connectivity index (χ1n) is 5.77. The zero-order valence-electron chi connectivity index (χ0n) is 10.3. The fourth-order valence-corrected chi connectivity index (χ4v) is 1.57. The number of ether oxygens (including phenoxy) is 1. The summed E-state index contributed by atoms with van der Waals surface area (Å²) in [5.74, 6) is -2.09. The normalized spacial score (nSPS) is 10.4. The van der Waals surface area contributed by atoms with Crippen molar-refractivity contribution in [1.82, 2.24) is 0 Å². The molecule has 0 aliphatic heterocycles. The summed E-state index contributed by atoms with van der Waals surface area (Å²) >= 11 is 0. The second-order valence-corrected chi connectivity index (χ2v) is 3.92. The van der Waals surface area contributed by atoms with E-state index in [1.165, 1.54) is 12.1 Å². The molecule has 5 nitrogen and oxygen atoms in total. The Morgan fingerprint density at radius 2 is 1.89 bits per heavy atom. The molecule has 1 rings (SSSR count). The molecule has 1 aromatic carbocycles. The third-order valence-corrected chi connectivity index (χ3v) is 2.74. The van der Waals surface area contributed by atoms with Gasteiger partial charge in [-0.2, -0.15) is 0 Å². The van der Waals surface area contributed by atoms with Gasteiger partial charge in [0.15, 0.2) is 0 Å². The van der Waals surface area contributed by atoms with Crippen molar-refractivity contribution in [2.45, 2.75) is 26.7 Å². The summed E-state index contributed by atoms with van der Waals surface area (Å²) in [6.07, 6.45) is 1.33. The zero-order valence-corrected chi connectivity index (χ0v) is 10.3. The molecule has 0 radical (unpaired) electrons. The minimum Gasteiger partial charge on any atom is -0.507 e. The van der Waals surface area contributed by atoms with E-state index in [4.69, 9.17) is 9.84 Å². The maximum absolute atomic E-state index is 11.7. The summed E-state index contributed by atoms with van der Waals surface area (Å²) in [6.45, 7) is 3.77. The van der Waals surface area contributed by atoms with Gasteiger partial charge in [-0.15, -0.1) is 0 Å². The van der Waals surface area contributed by atoms with Crippen LogP contribution in [0.5, 0.6) is 11.5 Å². The number of aromatic hydroxyl groups is 1. The third kappa shape index (κ3) is 3.23. The van der Waals surface area contributed by atoms with Crippen molar-refractivity contribution in [2.24, 2.45) is 5.92 Å². The second kappa shape index (κ2) is 6.05. The molecule has 2 N–H and O–H groups in total. The Morgan fingerprint density at radius 1 is 1.28 bits per heavy atom. The van der Waals surface area contributed by atoms with E-state index in [1.807, 2.05) is 13.8 Å². The molecule has 0 fully saturated rings. The van der Waals surface area contributed by atoms with Crippen molar-refractivity contribution in [3.8, 4) is 11.5 Å². The number of aromatic carboxylic acids is 1. The van der Waals surface area contributed by atoms with Crippen LogP contribution in [0, 0.1) is 5.92 Å². The first-order valence-corrected chi connectivity index (χ1v) is 5.77. The number of carbonyl (C=O) groups is 2. The molecule has 0 aliphatic carbocycles. The van der Waals surface area contributed by atoms with Crippen LogP contribution >= 0.6 is 0 Å². The highest BCUT2D eigenvalue weighted by Crippen LogP contribution is 2.24. The minimum absolute atomic E-state index is 0.127. The topological polar surface area (TPSA) is 83.8 Å². The summed E-state index contributed by atoms with van der Waals surface area (Å²) in [5, 5.41) is 18.1. The summed E-state index contributed by atoms with van der Waals surface area (Å²) < 4.78 is 5.09. The zero-order chi connectivity index (χ0) is 13.7. The van der Waals surface area contributed by atoms with Gasteiger partial charge in [0.25, 0.3) is 0 Å². The molecule has 98 valence electrons. The van der Waals surface area contributed by atoms with E-state index in [2.05, 4.69) is 0 Å². The van der Waals surface area contributed by atoms with Crippen molar-refractivity contribution < 1.29 is 24.5 Å². The van der Waals surface area contributed by atoms with Crippen LogP contribution in [0.3, 0.4) is 0 Å². The standard InChI is InChI=1S/C13H16O5/c1-3-8(4-2)13(17)18-9-5-6-11(14)10(7-9)12(15)16/h5-8,14H,3-4H2,1-2H3,(H,15,16). The predicted octanol–water partition coefficient (Wildman–Crippen LogP) is 2.43. The molecule has 5 heteroatoms. The number of hydrogen-bond acceptors (Lipinski definition) is 4. The van der Waals surface area contributed by atoms with Crippen LogP contribution in [0.1, 0.15) is 37.0 Å². The second-order valence-electron chi connectivity index (χ2n) is 3.92. The van der Waals surface area contributed by atoms with Crippen molar-refractivity contribution in [1.29, 1.82) is 0 Å². The summed E-state index contributed by atoms with van der Waals surface area (Å²) in [7, 11) is 0. The molecule has 18 heavy (non-hydrogen) atoms. The Bertz CT molecular complexity index is 449. The molecule has 0 spiro atoms. The van der Waals surface area contributed by atoms with Crippen LogP contribution < -0.4 is 4.74 Å². The average Bonchev–Trinajstić information content (AvgIpc) is 2.32. The SMILES string of the molecule is CCC(CC)C(=O)Oc1ccc(O)c(C(=O)O)c1. The Morgan fingerprint density at radius 3 is 2.39 bits per heavy atom. The van der Waals surface area contributed by atoms with E-state index in [1.54, 1.807) is 0 Å². The van der Waals surface area contributed by atoms with Gasteiger partial charge in [-0.25, -0.2) is 4.79 Å². The molecule has 0 aliphatic rings. The molecule has 0 atom stereocenters. The minimum atomic E-state index is -1.27. The van der Waals surface area contributed by atoms with Gasteiger partial charge in [-0.3, -0.25) is 4.79 Å². The lowest BCUT2D eigenvalue weighted by Gasteiger charge is -2.12. The van der Waals surface area contributed by atoms with Gasteiger partial charge in [-0.1, -0.05) is 13.8 Å². The number of benzene rings is 1. The van der Waals surface area contributed by atoms with E-state index >= 15 is 0 Å². The molecule has 0 aromatic heterocycles. The van der Waals surface area contributed by atoms with Crippen LogP contribution in [0.2, 0.25) is 0 Å². The quantitative estimate of drug-likeness (QED) is 0.621. The number of carbonyl (C=O) groups excluding carboxylic acids is 1. The highest BCUT2D eigenvalue weighted by Gasteiger charge is 2.18. The van der Waals surface area contributed by atoms with Crippen molar-refractivity contribution in [3.05, 3.63) is 23.8 Å². The maximum Gasteiger partial charge on any atom is 0.339 e. The van der Waals surface area contributed by atoms with E-state index in [0.29, 0.717) is 12.8 Å². The average molecular weight is 252 g/mol. The molecule has 1 aromatic rings. The van der Waals surface area contributed by atoms with Crippen molar-refractivity contribution >= 4 is 11.9 Å². The van der Waals surface area contributed by atoms with Gasteiger partial charge < -0.3 is 14.9 Å². The lowest BCUT2D eigenvalue weighted by molar-refractivity contribution is -0.139. The first kappa shape index (κ1) is 14.0. The van der Waals surface area contributed by atoms with Gasteiger partial charge >= 0.3 is 11.9 Å². The molecule has 0 heterocycles. The third-order valence-electron chi connectivity index (χ3n) is 2.74. The number of carboxylic acid groups (broad SMARTS) is 1. The van der Waals surface area contributed by atoms with Crippen LogP contribution in [0.25, 0.3) is 0 Å². The summed E-state index contributed by atoms with van der Waals surface area (Å²) in [4.78, 5) is 22.5. The molecule has 0 amide bonds. The van der Waals surface area contributed by atoms with E-state index in [9.17, 15) is 14.7 Å². The number of phenols is 1. The smallest absolute Gasteiger partial charge is 0.339 e. The van der Waals surface area contributed by atoms with Gasteiger partial charge in [0.2, 0.25) is 0 Å². The van der Waals surface area contributed by atoms with Gasteiger partial charge in [0.1, 0.15) is 17.1 Å². The summed E-state index contributed by atoms with van der Waals surface area (Å²) in [5.41, 5.74) is -0.287.